The molecule has 2 aromatic heterocycles. The number of carbonyl (C=O) groups is 1. The van der Waals surface area contributed by atoms with E-state index in [0.29, 0.717) is 22.4 Å². The average Bonchev–Trinajstić information content (AvgIpc) is 3.15. The number of fused-ring (bicyclic) bond motifs is 1. The molecule has 0 radical (unpaired) electrons. The molecule has 0 fully saturated rings. The number of rotatable bonds is 7. The molecule has 0 bridgehead atoms. The molecular weight excluding hydrogens is 417 g/mol. The van der Waals surface area contributed by atoms with Crippen LogP contribution in [0.2, 0.25) is 5.02 Å². The van der Waals surface area contributed by atoms with Gasteiger partial charge in [0.2, 0.25) is 0 Å². The van der Waals surface area contributed by atoms with Crippen LogP contribution < -0.4 is 4.90 Å². The van der Waals surface area contributed by atoms with Crippen molar-refractivity contribution < 1.29 is 4.79 Å². The second-order valence-electron chi connectivity index (χ2n) is 6.11. The predicted molar refractivity (Wildman–Crippen MR) is 118 cm³/mol. The highest BCUT2D eigenvalue weighted by Gasteiger charge is 2.24. The van der Waals surface area contributed by atoms with E-state index in [1.165, 1.54) is 23.7 Å². The number of carbonyl (C=O) groups excluding carboxylic acids is 1. The first-order valence-electron chi connectivity index (χ1n) is 8.91. The minimum atomic E-state index is -0.205. The first-order valence-corrected chi connectivity index (χ1v) is 10.1. The summed E-state index contributed by atoms with van der Waals surface area (Å²) >= 11 is 7.78. The minimum Gasteiger partial charge on any atom is -0.302 e. The monoisotopic (exact) mass is 439 g/mol. The van der Waals surface area contributed by atoms with E-state index in [9.17, 15) is 4.79 Å². The zero-order chi connectivity index (χ0) is 19.4. The normalized spacial score (nSPS) is 10.9. The van der Waals surface area contributed by atoms with Crippen molar-refractivity contribution in [3.05, 3.63) is 47.0 Å². The predicted octanol–water partition coefficient (Wildman–Crippen LogP) is 4.46. The molecule has 0 saturated carbocycles. The fourth-order valence-electron chi connectivity index (χ4n) is 2.82. The highest BCUT2D eigenvalue weighted by Crippen LogP contribution is 2.35. The zero-order valence-electron chi connectivity index (χ0n) is 16.1. The number of nitrogens with zero attached hydrogens (tertiary/aromatic N) is 5. The highest BCUT2D eigenvalue weighted by molar-refractivity contribution is 7.23. The Kier molecular flexibility index (Phi) is 8.12. The maximum atomic E-state index is 13.1. The topological polar surface area (TPSA) is 62.2 Å². The van der Waals surface area contributed by atoms with Crippen molar-refractivity contribution in [1.82, 2.24) is 19.9 Å². The molecule has 150 valence electrons. The Bertz CT molecular complexity index is 892. The SMILES string of the molecule is CCN(CC)CCN(C(=O)c1cnccn1)c1nc2c(C)ccc(Cl)c2s1.Cl. The van der Waals surface area contributed by atoms with E-state index in [1.807, 2.05) is 19.1 Å². The van der Waals surface area contributed by atoms with Gasteiger partial charge in [-0.3, -0.25) is 14.7 Å². The molecule has 0 aliphatic rings. The Balaban J connectivity index is 0.00000280. The summed E-state index contributed by atoms with van der Waals surface area (Å²) in [6.07, 6.45) is 4.56. The van der Waals surface area contributed by atoms with Gasteiger partial charge in [-0.15, -0.1) is 12.4 Å². The number of aryl methyl sites for hydroxylation is 1. The molecule has 0 aliphatic heterocycles. The van der Waals surface area contributed by atoms with Crippen LogP contribution >= 0.6 is 35.3 Å². The van der Waals surface area contributed by atoms with Gasteiger partial charge in [-0.1, -0.05) is 42.9 Å². The van der Waals surface area contributed by atoms with Crippen molar-refractivity contribution in [2.75, 3.05) is 31.1 Å². The van der Waals surface area contributed by atoms with Crippen LogP contribution in [-0.2, 0) is 0 Å². The van der Waals surface area contributed by atoms with Crippen LogP contribution in [0.4, 0.5) is 5.13 Å². The first kappa shape index (κ1) is 22.5. The van der Waals surface area contributed by atoms with Crippen LogP contribution in [0, 0.1) is 6.92 Å². The van der Waals surface area contributed by atoms with Crippen LogP contribution in [0.15, 0.2) is 30.7 Å². The standard InChI is InChI=1S/C19H22ClN5OS.ClH/c1-4-24(5-2)10-11-25(18(26)15-12-21-8-9-22-15)19-23-16-13(3)6-7-14(20)17(16)27-19;/h6-9,12H,4-5,10-11H2,1-3H3;1H. The number of anilines is 1. The lowest BCUT2D eigenvalue weighted by Gasteiger charge is -2.24. The molecule has 0 unspecified atom stereocenters. The summed E-state index contributed by atoms with van der Waals surface area (Å²) < 4.78 is 0.895. The minimum absolute atomic E-state index is 0. The van der Waals surface area contributed by atoms with Crippen LogP contribution in [-0.4, -0.2) is 51.9 Å². The second kappa shape index (κ2) is 10.1. The molecule has 3 aromatic rings. The summed E-state index contributed by atoms with van der Waals surface area (Å²) in [6.45, 7) is 9.34. The summed E-state index contributed by atoms with van der Waals surface area (Å²) in [7, 11) is 0. The molecule has 0 aliphatic carbocycles. The molecule has 6 nitrogen and oxygen atoms in total. The van der Waals surface area contributed by atoms with Crippen molar-refractivity contribution in [2.24, 2.45) is 0 Å². The van der Waals surface area contributed by atoms with E-state index < -0.39 is 0 Å². The lowest BCUT2D eigenvalue weighted by atomic mass is 10.2. The van der Waals surface area contributed by atoms with Crippen LogP contribution in [0.5, 0.6) is 0 Å². The van der Waals surface area contributed by atoms with Gasteiger partial charge in [-0.05, 0) is 31.6 Å². The number of amides is 1. The molecule has 1 aromatic carbocycles. The number of halogens is 2. The smallest absolute Gasteiger partial charge is 0.280 e. The number of benzene rings is 1. The summed E-state index contributed by atoms with van der Waals surface area (Å²) in [6, 6.07) is 3.81. The van der Waals surface area contributed by atoms with Crippen molar-refractivity contribution >= 4 is 56.6 Å². The molecule has 0 atom stereocenters. The second-order valence-corrected chi connectivity index (χ2v) is 7.50. The van der Waals surface area contributed by atoms with Crippen molar-refractivity contribution in [3.8, 4) is 0 Å². The van der Waals surface area contributed by atoms with E-state index in [-0.39, 0.29) is 18.3 Å². The van der Waals surface area contributed by atoms with Crippen LogP contribution in [0.25, 0.3) is 10.2 Å². The maximum Gasteiger partial charge on any atom is 0.280 e. The van der Waals surface area contributed by atoms with E-state index in [4.69, 9.17) is 16.6 Å². The molecule has 3 rings (SSSR count). The van der Waals surface area contributed by atoms with Gasteiger partial charge in [-0.25, -0.2) is 9.97 Å². The Morgan fingerprint density at radius 2 is 1.93 bits per heavy atom. The van der Waals surface area contributed by atoms with Gasteiger partial charge < -0.3 is 4.90 Å². The Morgan fingerprint density at radius 3 is 2.54 bits per heavy atom. The Hall–Kier alpha value is -1.80. The van der Waals surface area contributed by atoms with Crippen LogP contribution in [0.1, 0.15) is 29.9 Å². The van der Waals surface area contributed by atoms with E-state index in [0.717, 1.165) is 35.4 Å². The first-order chi connectivity index (χ1) is 13.0. The summed E-state index contributed by atoms with van der Waals surface area (Å²) in [5, 5.41) is 1.28. The third-order valence-corrected chi connectivity index (χ3v) is 6.02. The van der Waals surface area contributed by atoms with Gasteiger partial charge in [0, 0.05) is 25.5 Å². The molecule has 0 N–H and O–H groups in total. The third kappa shape index (κ3) is 4.78. The number of hydrogen-bond donors (Lipinski definition) is 0. The van der Waals surface area contributed by atoms with Crippen molar-refractivity contribution in [1.29, 1.82) is 0 Å². The van der Waals surface area contributed by atoms with Gasteiger partial charge in [0.15, 0.2) is 5.13 Å². The quantitative estimate of drug-likeness (QED) is 0.543. The highest BCUT2D eigenvalue weighted by atomic mass is 35.5. The van der Waals surface area contributed by atoms with E-state index >= 15 is 0 Å². The van der Waals surface area contributed by atoms with Gasteiger partial charge in [0.05, 0.1) is 21.4 Å². The number of thiazole rings is 1. The lowest BCUT2D eigenvalue weighted by Crippen LogP contribution is -2.39. The zero-order valence-corrected chi connectivity index (χ0v) is 18.4. The summed E-state index contributed by atoms with van der Waals surface area (Å²) in [5.74, 6) is -0.205. The Morgan fingerprint density at radius 1 is 1.18 bits per heavy atom. The Labute approximate surface area is 180 Å². The summed E-state index contributed by atoms with van der Waals surface area (Å²) in [5.41, 5.74) is 2.17. The maximum absolute atomic E-state index is 13.1. The van der Waals surface area contributed by atoms with Gasteiger partial charge in [-0.2, -0.15) is 0 Å². The third-order valence-electron chi connectivity index (χ3n) is 4.48. The average molecular weight is 440 g/mol. The van der Waals surface area contributed by atoms with Gasteiger partial charge in [0.25, 0.3) is 5.91 Å². The lowest BCUT2D eigenvalue weighted by molar-refractivity contribution is 0.0978. The van der Waals surface area contributed by atoms with Crippen molar-refractivity contribution in [2.45, 2.75) is 20.8 Å². The van der Waals surface area contributed by atoms with E-state index in [1.54, 1.807) is 11.1 Å². The fraction of sp³-hybridized carbons (Fsp3) is 0.368. The fourth-order valence-corrected chi connectivity index (χ4v) is 4.16. The summed E-state index contributed by atoms with van der Waals surface area (Å²) in [4.78, 5) is 30.0. The molecule has 0 spiro atoms. The number of hydrogen-bond acceptors (Lipinski definition) is 6. The molecular formula is C19H23Cl2N5OS. The molecule has 9 heteroatoms. The molecule has 0 saturated heterocycles. The van der Waals surface area contributed by atoms with Gasteiger partial charge >= 0.3 is 0 Å². The molecule has 2 heterocycles. The largest absolute Gasteiger partial charge is 0.302 e. The van der Waals surface area contributed by atoms with E-state index in [2.05, 4.69) is 28.7 Å². The number of aromatic nitrogens is 3. The molecule has 1 amide bonds. The number of likely N-dealkylation sites (N-methyl/N-ethyl adjacent to an activating group) is 1. The van der Waals surface area contributed by atoms with Crippen LogP contribution in [0.3, 0.4) is 0 Å². The molecule has 28 heavy (non-hydrogen) atoms. The van der Waals surface area contributed by atoms with Gasteiger partial charge in [0.1, 0.15) is 5.69 Å². The van der Waals surface area contributed by atoms with Crippen molar-refractivity contribution in [3.63, 3.8) is 0 Å².